The highest BCUT2D eigenvalue weighted by molar-refractivity contribution is 6.01. The van der Waals surface area contributed by atoms with Crippen LogP contribution < -0.4 is 10.1 Å². The molecule has 1 unspecified atom stereocenters. The van der Waals surface area contributed by atoms with Crippen LogP contribution in [0.2, 0.25) is 0 Å². The molecule has 1 aliphatic rings. The van der Waals surface area contributed by atoms with Crippen LogP contribution in [0.15, 0.2) is 61.1 Å². The molecule has 2 heterocycles. The first-order valence-corrected chi connectivity index (χ1v) is 8.26. The van der Waals surface area contributed by atoms with Crippen LogP contribution in [0.3, 0.4) is 0 Å². The summed E-state index contributed by atoms with van der Waals surface area (Å²) in [7, 11) is 0. The Morgan fingerprint density at radius 2 is 2.04 bits per heavy atom. The third kappa shape index (κ3) is 3.38. The molecule has 2 aromatic carbocycles. The van der Waals surface area contributed by atoms with Crippen LogP contribution in [0.4, 0.5) is 10.5 Å². The maximum atomic E-state index is 12.6. The lowest BCUT2D eigenvalue weighted by atomic mass is 10.1. The molecule has 0 aliphatic carbocycles. The summed E-state index contributed by atoms with van der Waals surface area (Å²) in [5.74, 6) is 0.490. The Morgan fingerprint density at radius 1 is 1.16 bits per heavy atom. The molecule has 0 bridgehead atoms. The SMILES string of the molecule is O=C(Nc1cccc2ccccc12)N1CCC(Oc2cnccn2)C1. The molecule has 6 nitrogen and oxygen atoms in total. The molecule has 1 fully saturated rings. The van der Waals surface area contributed by atoms with E-state index in [1.54, 1.807) is 23.5 Å². The fourth-order valence-corrected chi connectivity index (χ4v) is 3.05. The number of amides is 2. The number of hydrogen-bond acceptors (Lipinski definition) is 4. The van der Waals surface area contributed by atoms with Gasteiger partial charge in [0.25, 0.3) is 0 Å². The summed E-state index contributed by atoms with van der Waals surface area (Å²) in [5.41, 5.74) is 0.821. The number of benzene rings is 2. The predicted octanol–water partition coefficient (Wildman–Crippen LogP) is 3.32. The minimum absolute atomic E-state index is 0.0602. The average Bonchev–Trinajstić information content (AvgIpc) is 3.11. The summed E-state index contributed by atoms with van der Waals surface area (Å²) < 4.78 is 5.78. The number of aromatic nitrogens is 2. The molecule has 1 aromatic heterocycles. The number of ether oxygens (including phenoxy) is 1. The zero-order valence-electron chi connectivity index (χ0n) is 13.6. The average molecular weight is 334 g/mol. The monoisotopic (exact) mass is 334 g/mol. The molecule has 25 heavy (non-hydrogen) atoms. The van der Waals surface area contributed by atoms with Gasteiger partial charge >= 0.3 is 6.03 Å². The Morgan fingerprint density at radius 3 is 2.92 bits per heavy atom. The van der Waals surface area contributed by atoms with Crippen molar-refractivity contribution in [2.45, 2.75) is 12.5 Å². The molecule has 2 amide bonds. The minimum Gasteiger partial charge on any atom is -0.471 e. The molecule has 0 spiro atoms. The normalized spacial score (nSPS) is 16.8. The van der Waals surface area contributed by atoms with Crippen LogP contribution >= 0.6 is 0 Å². The molecular formula is C19H18N4O2. The van der Waals surface area contributed by atoms with Gasteiger partial charge in [-0.25, -0.2) is 9.78 Å². The second-order valence-corrected chi connectivity index (χ2v) is 5.98. The van der Waals surface area contributed by atoms with E-state index >= 15 is 0 Å². The van der Waals surface area contributed by atoms with Crippen LogP contribution in [0.25, 0.3) is 10.8 Å². The first-order chi connectivity index (χ1) is 12.3. The largest absolute Gasteiger partial charge is 0.471 e. The molecule has 0 saturated carbocycles. The fourth-order valence-electron chi connectivity index (χ4n) is 3.05. The lowest BCUT2D eigenvalue weighted by molar-refractivity contribution is 0.189. The van der Waals surface area contributed by atoms with E-state index in [0.717, 1.165) is 22.9 Å². The third-order valence-corrected chi connectivity index (χ3v) is 4.29. The summed E-state index contributed by atoms with van der Waals surface area (Å²) in [6, 6.07) is 13.8. The van der Waals surface area contributed by atoms with Crippen molar-refractivity contribution in [2.24, 2.45) is 0 Å². The summed E-state index contributed by atoms with van der Waals surface area (Å²) in [5, 5.41) is 5.15. The molecule has 1 atom stereocenters. The number of fused-ring (bicyclic) bond motifs is 1. The van der Waals surface area contributed by atoms with Crippen molar-refractivity contribution >= 4 is 22.5 Å². The van der Waals surface area contributed by atoms with Gasteiger partial charge in [0.05, 0.1) is 18.4 Å². The van der Waals surface area contributed by atoms with Gasteiger partial charge in [0.15, 0.2) is 0 Å². The number of carbonyl (C=O) groups is 1. The van der Waals surface area contributed by atoms with Crippen LogP contribution in [0.5, 0.6) is 5.88 Å². The molecule has 1 aliphatic heterocycles. The number of anilines is 1. The number of rotatable bonds is 3. The molecule has 0 radical (unpaired) electrons. The lowest BCUT2D eigenvalue weighted by Crippen LogP contribution is -2.34. The standard InChI is InChI=1S/C19H18N4O2/c24-19(22-17-7-3-5-14-4-1-2-6-16(14)17)23-11-8-15(13-23)25-18-12-20-9-10-21-18/h1-7,9-10,12,15H,8,11,13H2,(H,22,24). The van der Waals surface area contributed by atoms with Crippen molar-refractivity contribution in [1.82, 2.24) is 14.9 Å². The van der Waals surface area contributed by atoms with E-state index < -0.39 is 0 Å². The Bertz CT molecular complexity index is 879. The number of urea groups is 1. The zero-order valence-corrected chi connectivity index (χ0v) is 13.6. The fraction of sp³-hybridized carbons (Fsp3) is 0.211. The van der Waals surface area contributed by atoms with Gasteiger partial charge in [-0.3, -0.25) is 4.98 Å². The molecule has 4 rings (SSSR count). The topological polar surface area (TPSA) is 67.4 Å². The summed E-state index contributed by atoms with van der Waals surface area (Å²) in [4.78, 5) is 22.4. The van der Waals surface area contributed by atoms with Crippen molar-refractivity contribution in [3.8, 4) is 5.88 Å². The number of nitrogens with zero attached hydrogens (tertiary/aromatic N) is 3. The van der Waals surface area contributed by atoms with E-state index in [1.165, 1.54) is 0 Å². The van der Waals surface area contributed by atoms with Crippen molar-refractivity contribution in [3.05, 3.63) is 61.1 Å². The van der Waals surface area contributed by atoms with Gasteiger partial charge in [-0.1, -0.05) is 36.4 Å². The first-order valence-electron chi connectivity index (χ1n) is 8.26. The van der Waals surface area contributed by atoms with Gasteiger partial charge in [0.2, 0.25) is 5.88 Å². The number of carbonyl (C=O) groups excluding carboxylic acids is 1. The number of likely N-dealkylation sites (tertiary alicyclic amines) is 1. The summed E-state index contributed by atoms with van der Waals surface area (Å²) in [6.45, 7) is 1.19. The van der Waals surface area contributed by atoms with Gasteiger partial charge in [-0.05, 0) is 11.5 Å². The Balaban J connectivity index is 1.42. The lowest BCUT2D eigenvalue weighted by Gasteiger charge is -2.18. The van der Waals surface area contributed by atoms with Crippen LogP contribution in [-0.4, -0.2) is 40.1 Å². The van der Waals surface area contributed by atoms with Crippen molar-refractivity contribution in [2.75, 3.05) is 18.4 Å². The van der Waals surface area contributed by atoms with Crippen LogP contribution in [0, 0.1) is 0 Å². The summed E-state index contributed by atoms with van der Waals surface area (Å²) in [6.07, 6.45) is 5.49. The van der Waals surface area contributed by atoms with Crippen molar-refractivity contribution in [1.29, 1.82) is 0 Å². The van der Waals surface area contributed by atoms with Crippen LogP contribution in [0.1, 0.15) is 6.42 Å². The van der Waals surface area contributed by atoms with E-state index in [4.69, 9.17) is 4.74 Å². The number of nitrogens with one attached hydrogen (secondary N) is 1. The van der Waals surface area contributed by atoms with Gasteiger partial charge in [-0.2, -0.15) is 0 Å². The highest BCUT2D eigenvalue weighted by Crippen LogP contribution is 2.24. The Kier molecular flexibility index (Phi) is 4.16. The predicted molar refractivity (Wildman–Crippen MR) is 95.6 cm³/mol. The maximum absolute atomic E-state index is 12.6. The molecule has 1 saturated heterocycles. The summed E-state index contributed by atoms with van der Waals surface area (Å²) >= 11 is 0. The van der Waals surface area contributed by atoms with Crippen LogP contribution in [-0.2, 0) is 0 Å². The second kappa shape index (κ2) is 6.76. The van der Waals surface area contributed by atoms with Gasteiger partial charge in [0.1, 0.15) is 6.10 Å². The van der Waals surface area contributed by atoms with E-state index in [2.05, 4.69) is 15.3 Å². The van der Waals surface area contributed by atoms with E-state index in [9.17, 15) is 4.79 Å². The van der Waals surface area contributed by atoms with Crippen molar-refractivity contribution in [3.63, 3.8) is 0 Å². The minimum atomic E-state index is -0.110. The first kappa shape index (κ1) is 15.4. The van der Waals surface area contributed by atoms with Crippen molar-refractivity contribution < 1.29 is 9.53 Å². The van der Waals surface area contributed by atoms with Gasteiger partial charge in [-0.15, -0.1) is 0 Å². The van der Waals surface area contributed by atoms with Gasteiger partial charge < -0.3 is 15.0 Å². The quantitative estimate of drug-likeness (QED) is 0.798. The highest BCUT2D eigenvalue weighted by atomic mass is 16.5. The zero-order chi connectivity index (χ0) is 17.1. The molecule has 3 aromatic rings. The Hall–Kier alpha value is -3.15. The molecular weight excluding hydrogens is 316 g/mol. The molecule has 1 N–H and O–H groups in total. The molecule has 126 valence electrons. The second-order valence-electron chi connectivity index (χ2n) is 5.98. The molecule has 6 heteroatoms. The maximum Gasteiger partial charge on any atom is 0.321 e. The highest BCUT2D eigenvalue weighted by Gasteiger charge is 2.28. The smallest absolute Gasteiger partial charge is 0.321 e. The Labute approximate surface area is 145 Å². The third-order valence-electron chi connectivity index (χ3n) is 4.29. The number of hydrogen-bond donors (Lipinski definition) is 1. The van der Waals surface area contributed by atoms with Gasteiger partial charge in [0, 0.05) is 30.7 Å². The van der Waals surface area contributed by atoms with E-state index in [-0.39, 0.29) is 12.1 Å². The van der Waals surface area contributed by atoms with E-state index in [0.29, 0.717) is 19.0 Å². The van der Waals surface area contributed by atoms with E-state index in [1.807, 2.05) is 42.5 Å².